The number of halogens is 1. The molecule has 22 heavy (non-hydrogen) atoms. The smallest absolute Gasteiger partial charge is 0.179 e. The average Bonchev–Trinajstić information content (AvgIpc) is 2.86. The Morgan fingerprint density at radius 3 is 2.64 bits per heavy atom. The fourth-order valence-electron chi connectivity index (χ4n) is 2.24. The van der Waals surface area contributed by atoms with Gasteiger partial charge in [0.1, 0.15) is 5.82 Å². The highest BCUT2D eigenvalue weighted by atomic mass is 35.5. The minimum absolute atomic E-state index is 0.546. The van der Waals surface area contributed by atoms with Crippen LogP contribution in [0.25, 0.3) is 0 Å². The summed E-state index contributed by atoms with van der Waals surface area (Å²) < 4.78 is 12.7. The molecule has 0 saturated carbocycles. The van der Waals surface area contributed by atoms with Crippen molar-refractivity contribution in [3.8, 4) is 11.5 Å². The Labute approximate surface area is 136 Å². The van der Waals surface area contributed by atoms with Crippen LogP contribution in [0.15, 0.2) is 18.2 Å². The van der Waals surface area contributed by atoms with Crippen molar-refractivity contribution >= 4 is 17.4 Å². The zero-order valence-electron chi connectivity index (χ0n) is 13.4. The molecule has 6 heteroatoms. The molecule has 0 aliphatic heterocycles. The van der Waals surface area contributed by atoms with Gasteiger partial charge in [-0.3, -0.25) is 4.68 Å². The highest BCUT2D eigenvalue weighted by molar-refractivity contribution is 6.32. The first-order valence-corrected chi connectivity index (χ1v) is 7.72. The highest BCUT2D eigenvalue weighted by Crippen LogP contribution is 2.36. The van der Waals surface area contributed by atoms with E-state index < -0.39 is 0 Å². The van der Waals surface area contributed by atoms with Gasteiger partial charge in [-0.25, -0.2) is 0 Å². The van der Waals surface area contributed by atoms with Gasteiger partial charge in [0.15, 0.2) is 11.5 Å². The fraction of sp³-hybridized carbons (Fsp3) is 0.438. The summed E-state index contributed by atoms with van der Waals surface area (Å²) in [6.45, 7) is 5.21. The number of nitrogens with one attached hydrogen (secondary N) is 1. The molecule has 120 valence electrons. The number of aromatic nitrogens is 2. The van der Waals surface area contributed by atoms with Crippen LogP contribution < -0.4 is 14.8 Å². The first kappa shape index (κ1) is 16.5. The molecular formula is C16H22ClN3O2. The summed E-state index contributed by atoms with van der Waals surface area (Å²) in [5.41, 5.74) is 2.08. The van der Waals surface area contributed by atoms with Gasteiger partial charge in [0.25, 0.3) is 0 Å². The molecule has 0 amide bonds. The molecular weight excluding hydrogens is 302 g/mol. The number of benzene rings is 1. The molecule has 0 spiro atoms. The maximum atomic E-state index is 6.26. The van der Waals surface area contributed by atoms with Crippen molar-refractivity contribution in [2.75, 3.05) is 19.0 Å². The lowest BCUT2D eigenvalue weighted by molar-refractivity contribution is 0.310. The Kier molecular flexibility index (Phi) is 5.55. The van der Waals surface area contributed by atoms with Crippen LogP contribution in [0.3, 0.4) is 0 Å². The first-order valence-electron chi connectivity index (χ1n) is 7.35. The summed E-state index contributed by atoms with van der Waals surface area (Å²) in [5, 5.41) is 8.33. The summed E-state index contributed by atoms with van der Waals surface area (Å²) >= 11 is 6.26. The Balaban J connectivity index is 2.17. The number of nitrogens with zero attached hydrogens (tertiary/aromatic N) is 2. The van der Waals surface area contributed by atoms with E-state index in [1.54, 1.807) is 7.11 Å². The van der Waals surface area contributed by atoms with Gasteiger partial charge < -0.3 is 14.8 Å². The molecule has 2 aromatic rings. The maximum absolute atomic E-state index is 6.26. The van der Waals surface area contributed by atoms with Gasteiger partial charge in [0, 0.05) is 19.7 Å². The molecule has 0 radical (unpaired) electrons. The molecule has 0 unspecified atom stereocenters. The second kappa shape index (κ2) is 7.40. The molecule has 0 atom stereocenters. The lowest BCUT2D eigenvalue weighted by Gasteiger charge is -2.14. The summed E-state index contributed by atoms with van der Waals surface area (Å²) in [6.07, 6.45) is 0.915. The Morgan fingerprint density at radius 1 is 1.27 bits per heavy atom. The van der Waals surface area contributed by atoms with Gasteiger partial charge in [-0.05, 0) is 31.0 Å². The molecule has 1 aromatic heterocycles. The normalized spacial score (nSPS) is 10.6. The third-order valence-corrected chi connectivity index (χ3v) is 3.62. The quantitative estimate of drug-likeness (QED) is 0.845. The van der Waals surface area contributed by atoms with Crippen LogP contribution in [-0.4, -0.2) is 23.5 Å². The lowest BCUT2D eigenvalue weighted by Crippen LogP contribution is -2.05. The summed E-state index contributed by atoms with van der Waals surface area (Å²) in [6, 6.07) is 5.87. The van der Waals surface area contributed by atoms with Gasteiger partial charge in [0.05, 0.1) is 24.4 Å². The lowest BCUT2D eigenvalue weighted by atomic mass is 10.2. The van der Waals surface area contributed by atoms with Crippen LogP contribution in [0.1, 0.15) is 25.1 Å². The second-order valence-corrected chi connectivity index (χ2v) is 5.30. The molecule has 1 N–H and O–H groups in total. The van der Waals surface area contributed by atoms with E-state index >= 15 is 0 Å². The number of rotatable bonds is 7. The molecule has 5 nitrogen and oxygen atoms in total. The first-order chi connectivity index (χ1) is 10.6. The van der Waals surface area contributed by atoms with Crippen molar-refractivity contribution in [1.82, 2.24) is 9.78 Å². The van der Waals surface area contributed by atoms with Crippen molar-refractivity contribution in [2.24, 2.45) is 7.05 Å². The van der Waals surface area contributed by atoms with Gasteiger partial charge in [0.2, 0.25) is 0 Å². The van der Waals surface area contributed by atoms with Crippen molar-refractivity contribution in [2.45, 2.75) is 26.8 Å². The highest BCUT2D eigenvalue weighted by Gasteiger charge is 2.12. The van der Waals surface area contributed by atoms with E-state index in [2.05, 4.69) is 23.4 Å². The maximum Gasteiger partial charge on any atom is 0.179 e. The number of aryl methyl sites for hydroxylation is 2. The Bertz CT molecular complexity index is 641. The van der Waals surface area contributed by atoms with Gasteiger partial charge in [-0.1, -0.05) is 18.5 Å². The molecule has 0 saturated heterocycles. The van der Waals surface area contributed by atoms with Crippen LogP contribution in [0.2, 0.25) is 5.02 Å². The largest absolute Gasteiger partial charge is 0.491 e. The summed E-state index contributed by atoms with van der Waals surface area (Å²) in [5.74, 6) is 2.20. The molecule has 2 rings (SSSR count). The van der Waals surface area contributed by atoms with Crippen LogP contribution >= 0.6 is 11.6 Å². The molecule has 0 fully saturated rings. The van der Waals surface area contributed by atoms with Crippen LogP contribution in [-0.2, 0) is 20.0 Å². The Hall–Kier alpha value is -1.88. The van der Waals surface area contributed by atoms with Crippen LogP contribution in [0, 0.1) is 0 Å². The third kappa shape index (κ3) is 3.65. The topological polar surface area (TPSA) is 48.3 Å². The van der Waals surface area contributed by atoms with Crippen LogP contribution in [0.4, 0.5) is 5.82 Å². The third-order valence-electron chi connectivity index (χ3n) is 3.34. The predicted molar refractivity (Wildman–Crippen MR) is 89.1 cm³/mol. The zero-order chi connectivity index (χ0) is 16.1. The van der Waals surface area contributed by atoms with E-state index in [1.807, 2.05) is 30.8 Å². The van der Waals surface area contributed by atoms with Gasteiger partial charge in [-0.2, -0.15) is 5.10 Å². The monoisotopic (exact) mass is 323 g/mol. The van der Waals surface area contributed by atoms with Crippen molar-refractivity contribution in [1.29, 1.82) is 0 Å². The summed E-state index contributed by atoms with van der Waals surface area (Å²) in [7, 11) is 3.51. The van der Waals surface area contributed by atoms with Crippen molar-refractivity contribution in [3.63, 3.8) is 0 Å². The van der Waals surface area contributed by atoms with Crippen LogP contribution in [0.5, 0.6) is 11.5 Å². The zero-order valence-corrected chi connectivity index (χ0v) is 14.2. The predicted octanol–water partition coefficient (Wildman–Crippen LogP) is 3.66. The molecule has 0 aliphatic carbocycles. The van der Waals surface area contributed by atoms with E-state index in [1.165, 1.54) is 0 Å². The van der Waals surface area contributed by atoms with E-state index in [9.17, 15) is 0 Å². The standard InChI is InChI=1S/C16H22ClN3O2/c1-5-12-9-15(20(3)19-12)18-10-11-7-13(17)16(21-4)14(8-11)22-6-2/h7-9,18H,5-6,10H2,1-4H3. The molecule has 0 aliphatic rings. The second-order valence-electron chi connectivity index (χ2n) is 4.89. The fourth-order valence-corrected chi connectivity index (χ4v) is 2.55. The number of anilines is 1. The minimum atomic E-state index is 0.546. The molecule has 1 aromatic carbocycles. The van der Waals surface area contributed by atoms with Gasteiger partial charge in [-0.15, -0.1) is 0 Å². The SMILES string of the molecule is CCOc1cc(CNc2cc(CC)nn2C)cc(Cl)c1OC. The van der Waals surface area contributed by atoms with Crippen molar-refractivity contribution < 1.29 is 9.47 Å². The van der Waals surface area contributed by atoms with E-state index in [0.717, 1.165) is 23.5 Å². The van der Waals surface area contributed by atoms with Gasteiger partial charge >= 0.3 is 0 Å². The van der Waals surface area contributed by atoms with Crippen molar-refractivity contribution in [3.05, 3.63) is 34.5 Å². The number of methoxy groups -OCH3 is 1. The number of hydrogen-bond acceptors (Lipinski definition) is 4. The van der Waals surface area contributed by atoms with E-state index in [4.69, 9.17) is 21.1 Å². The van der Waals surface area contributed by atoms with E-state index in [0.29, 0.717) is 29.7 Å². The number of hydrogen-bond donors (Lipinski definition) is 1. The minimum Gasteiger partial charge on any atom is -0.491 e. The molecule has 1 heterocycles. The summed E-state index contributed by atoms with van der Waals surface area (Å²) in [4.78, 5) is 0. The molecule has 0 bridgehead atoms. The Morgan fingerprint density at radius 2 is 2.05 bits per heavy atom. The number of ether oxygens (including phenoxy) is 2. The average molecular weight is 324 g/mol. The van der Waals surface area contributed by atoms with E-state index in [-0.39, 0.29) is 0 Å².